The number of amides is 2. The monoisotopic (exact) mass is 538 g/mol. The smallest absolute Gasteiger partial charge is 0.287 e. The van der Waals surface area contributed by atoms with Crippen LogP contribution in [0.1, 0.15) is 63.0 Å². The zero-order chi connectivity index (χ0) is 27.6. The van der Waals surface area contributed by atoms with Gasteiger partial charge in [-0.15, -0.1) is 0 Å². The average Bonchev–Trinajstić information content (AvgIpc) is 3.72. The molecule has 1 unspecified atom stereocenters. The maximum absolute atomic E-state index is 13.2. The highest BCUT2D eigenvalue weighted by molar-refractivity contribution is 5.91. The number of fused-ring (bicyclic) bond motifs is 1. The average molecular weight is 539 g/mol. The molecule has 3 aromatic carbocycles. The second-order valence-electron chi connectivity index (χ2n) is 10.6. The van der Waals surface area contributed by atoms with Crippen LogP contribution in [0.25, 0.3) is 0 Å². The molecule has 1 fully saturated rings. The topological polar surface area (TPSA) is 71.8 Å². The van der Waals surface area contributed by atoms with Crippen LogP contribution >= 0.6 is 0 Å². The first-order valence-electron chi connectivity index (χ1n) is 13.7. The molecule has 1 saturated carbocycles. The van der Waals surface area contributed by atoms with E-state index in [0.717, 1.165) is 36.0 Å². The molecule has 0 spiro atoms. The number of carbonyl (C=O) groups excluding carboxylic acids is 2. The Morgan fingerprint density at radius 1 is 1.00 bits per heavy atom. The van der Waals surface area contributed by atoms with Gasteiger partial charge >= 0.3 is 0 Å². The number of nitrogens with zero attached hydrogens (tertiary/aromatic N) is 1. The molecule has 2 amide bonds. The zero-order valence-corrected chi connectivity index (χ0v) is 22.4. The third kappa shape index (κ3) is 5.64. The number of carbonyl (C=O) groups is 2. The molecule has 0 bridgehead atoms. The predicted molar refractivity (Wildman–Crippen MR) is 148 cm³/mol. The van der Waals surface area contributed by atoms with E-state index in [1.807, 2.05) is 17.0 Å². The number of hydrogen-bond acceptors (Lipinski definition) is 4. The van der Waals surface area contributed by atoms with Crippen LogP contribution < -0.4 is 10.1 Å². The minimum atomic E-state index is -0.356. The van der Waals surface area contributed by atoms with Gasteiger partial charge in [0.1, 0.15) is 23.9 Å². The van der Waals surface area contributed by atoms with Crippen molar-refractivity contribution in [3.8, 4) is 5.75 Å². The summed E-state index contributed by atoms with van der Waals surface area (Å²) in [6.07, 6.45) is 2.76. The second kappa shape index (κ2) is 11.0. The fourth-order valence-corrected chi connectivity index (χ4v) is 5.20. The number of aryl methyl sites for hydroxylation is 1. The first kappa shape index (κ1) is 25.9. The molecule has 1 aliphatic heterocycles. The lowest BCUT2D eigenvalue weighted by atomic mass is 9.87. The van der Waals surface area contributed by atoms with Crippen LogP contribution in [-0.4, -0.2) is 23.3 Å². The molecule has 2 aliphatic rings. The van der Waals surface area contributed by atoms with E-state index >= 15 is 0 Å². The maximum Gasteiger partial charge on any atom is 0.287 e. The Morgan fingerprint density at radius 2 is 1.77 bits per heavy atom. The molecule has 1 aromatic heterocycles. The standard InChI is InChI=1S/C33H31FN2O4/c1-21-2-6-24(7-3-21)31-29-18-27(13-10-23(29)16-17-36(31)33(38)25-8-9-25)39-20-28-14-15-30(40-28)32(37)35-19-22-4-11-26(34)12-5-22/h2-7,10-15,18,25,31H,8-9,16-17,19-20H2,1H3,(H,35,37). The second-order valence-corrected chi connectivity index (χ2v) is 10.6. The van der Waals surface area contributed by atoms with E-state index in [-0.39, 0.29) is 48.5 Å². The number of benzene rings is 3. The molecular formula is C33H31FN2O4. The number of nitrogens with one attached hydrogen (secondary N) is 1. The molecule has 40 heavy (non-hydrogen) atoms. The first-order valence-corrected chi connectivity index (χ1v) is 13.7. The molecule has 1 atom stereocenters. The van der Waals surface area contributed by atoms with Crippen molar-refractivity contribution in [1.29, 1.82) is 0 Å². The highest BCUT2D eigenvalue weighted by Gasteiger charge is 2.39. The molecule has 204 valence electrons. The van der Waals surface area contributed by atoms with Crippen molar-refractivity contribution in [2.45, 2.75) is 45.4 Å². The normalized spacial score (nSPS) is 16.4. The van der Waals surface area contributed by atoms with Gasteiger partial charge in [0.05, 0.1) is 6.04 Å². The molecule has 7 heteroatoms. The Labute approximate surface area is 232 Å². The Kier molecular flexibility index (Phi) is 7.11. The van der Waals surface area contributed by atoms with Crippen molar-refractivity contribution in [2.24, 2.45) is 5.92 Å². The predicted octanol–water partition coefficient (Wildman–Crippen LogP) is 6.12. The van der Waals surface area contributed by atoms with Crippen LogP contribution in [0.3, 0.4) is 0 Å². The van der Waals surface area contributed by atoms with Crippen molar-refractivity contribution in [1.82, 2.24) is 10.2 Å². The minimum Gasteiger partial charge on any atom is -0.486 e. The number of halogens is 1. The Bertz CT molecular complexity index is 1520. The number of rotatable bonds is 8. The first-order chi connectivity index (χ1) is 19.4. The largest absolute Gasteiger partial charge is 0.486 e. The van der Waals surface area contributed by atoms with Gasteiger partial charge in [-0.05, 0) is 84.8 Å². The van der Waals surface area contributed by atoms with Crippen molar-refractivity contribution in [3.63, 3.8) is 0 Å². The fourth-order valence-electron chi connectivity index (χ4n) is 5.20. The van der Waals surface area contributed by atoms with Gasteiger partial charge in [0, 0.05) is 19.0 Å². The van der Waals surface area contributed by atoms with E-state index in [0.29, 0.717) is 18.1 Å². The summed E-state index contributed by atoms with van der Waals surface area (Å²) in [4.78, 5) is 27.8. The Balaban J connectivity index is 1.15. The number of furan rings is 1. The quantitative estimate of drug-likeness (QED) is 0.293. The van der Waals surface area contributed by atoms with Gasteiger partial charge in [-0.2, -0.15) is 0 Å². The Morgan fingerprint density at radius 3 is 2.52 bits per heavy atom. The lowest BCUT2D eigenvalue weighted by Crippen LogP contribution is -2.41. The van der Waals surface area contributed by atoms with Gasteiger partial charge in [0.2, 0.25) is 5.91 Å². The highest BCUT2D eigenvalue weighted by Crippen LogP contribution is 2.41. The summed E-state index contributed by atoms with van der Waals surface area (Å²) in [6, 6.07) is 23.6. The number of hydrogen-bond donors (Lipinski definition) is 1. The summed E-state index contributed by atoms with van der Waals surface area (Å²) in [5.41, 5.74) is 5.37. The highest BCUT2D eigenvalue weighted by atomic mass is 19.1. The molecule has 4 aromatic rings. The van der Waals surface area contributed by atoms with Gasteiger partial charge in [-0.25, -0.2) is 4.39 Å². The molecule has 2 heterocycles. The molecule has 6 rings (SSSR count). The van der Waals surface area contributed by atoms with Crippen molar-refractivity contribution < 1.29 is 23.1 Å². The summed E-state index contributed by atoms with van der Waals surface area (Å²) in [5.74, 6) is 1.09. The van der Waals surface area contributed by atoms with E-state index in [4.69, 9.17) is 9.15 Å². The van der Waals surface area contributed by atoms with Crippen LogP contribution in [0.4, 0.5) is 4.39 Å². The van der Waals surface area contributed by atoms with E-state index in [1.54, 1.807) is 24.3 Å². The summed E-state index contributed by atoms with van der Waals surface area (Å²) in [6.45, 7) is 3.19. The van der Waals surface area contributed by atoms with Crippen LogP contribution in [0, 0.1) is 18.7 Å². The van der Waals surface area contributed by atoms with E-state index in [1.165, 1.54) is 23.3 Å². The van der Waals surface area contributed by atoms with E-state index < -0.39 is 0 Å². The van der Waals surface area contributed by atoms with Crippen LogP contribution in [-0.2, 0) is 24.4 Å². The van der Waals surface area contributed by atoms with Crippen LogP contribution in [0.15, 0.2) is 83.3 Å². The lowest BCUT2D eigenvalue weighted by Gasteiger charge is -2.38. The fraction of sp³-hybridized carbons (Fsp3) is 0.273. The molecular weight excluding hydrogens is 507 g/mol. The molecule has 0 saturated heterocycles. The summed E-state index contributed by atoms with van der Waals surface area (Å²) >= 11 is 0. The van der Waals surface area contributed by atoms with Crippen molar-refractivity contribution >= 4 is 11.8 Å². The minimum absolute atomic E-state index is 0.148. The van der Waals surface area contributed by atoms with Crippen LogP contribution in [0.2, 0.25) is 0 Å². The summed E-state index contributed by atoms with van der Waals surface area (Å²) < 4.78 is 24.9. The third-order valence-corrected chi connectivity index (χ3v) is 7.58. The summed E-state index contributed by atoms with van der Waals surface area (Å²) in [7, 11) is 0. The van der Waals surface area contributed by atoms with E-state index in [9.17, 15) is 14.0 Å². The molecule has 1 N–H and O–H groups in total. The zero-order valence-electron chi connectivity index (χ0n) is 22.4. The molecule has 6 nitrogen and oxygen atoms in total. The molecule has 0 radical (unpaired) electrons. The van der Waals surface area contributed by atoms with Crippen LogP contribution in [0.5, 0.6) is 5.75 Å². The maximum atomic E-state index is 13.2. The molecule has 1 aliphatic carbocycles. The van der Waals surface area contributed by atoms with Crippen molar-refractivity contribution in [3.05, 3.63) is 124 Å². The van der Waals surface area contributed by atoms with Gasteiger partial charge in [0.15, 0.2) is 5.76 Å². The van der Waals surface area contributed by atoms with Gasteiger partial charge in [0.25, 0.3) is 5.91 Å². The van der Waals surface area contributed by atoms with Gasteiger partial charge < -0.3 is 19.4 Å². The van der Waals surface area contributed by atoms with E-state index in [2.05, 4.69) is 42.6 Å². The SMILES string of the molecule is Cc1ccc(C2c3cc(OCc4ccc(C(=O)NCc5ccc(F)cc5)o4)ccc3CCN2C(=O)C2CC2)cc1. The third-order valence-electron chi connectivity index (χ3n) is 7.58. The van der Waals surface area contributed by atoms with Gasteiger partial charge in [-0.1, -0.05) is 48.0 Å². The number of ether oxygens (including phenoxy) is 1. The lowest BCUT2D eigenvalue weighted by molar-refractivity contribution is -0.134. The van der Waals surface area contributed by atoms with Gasteiger partial charge in [-0.3, -0.25) is 9.59 Å². The van der Waals surface area contributed by atoms with Crippen molar-refractivity contribution in [2.75, 3.05) is 6.54 Å². The summed E-state index contributed by atoms with van der Waals surface area (Å²) in [5, 5.41) is 2.78. The Hall–Kier alpha value is -4.39.